The second-order valence-electron chi connectivity index (χ2n) is 26.1. The zero-order valence-electron chi connectivity index (χ0n) is 55.8. The molecular weight excluding hydrogens is 1220 g/mol. The average Bonchev–Trinajstić information content (AvgIpc) is 0.860. The van der Waals surface area contributed by atoms with Gasteiger partial charge in [-0.2, -0.15) is 0 Å². The number of unbranched alkanes of at least 4 members (excludes halogenated alkanes) is 6. The van der Waals surface area contributed by atoms with E-state index in [4.69, 9.17) is 66.3 Å². The van der Waals surface area contributed by atoms with Crippen LogP contribution in [0.25, 0.3) is 6.08 Å². The first-order valence-corrected chi connectivity index (χ1v) is 34.4. The first-order valence-electron chi connectivity index (χ1n) is 34.4. The van der Waals surface area contributed by atoms with Gasteiger partial charge in [-0.15, -0.1) is 0 Å². The minimum Gasteiger partial charge on any atom is -0.456 e. The van der Waals surface area contributed by atoms with E-state index in [1.807, 2.05) is 6.07 Å². The Labute approximate surface area is 547 Å². The fourth-order valence-corrected chi connectivity index (χ4v) is 12.6. The summed E-state index contributed by atoms with van der Waals surface area (Å²) in [6, 6.07) is 8.89. The standard InChI is InChI=1S/C68H108O25/c1-10-13-15-19-27-34-46(70)88-62-61(93-64-52(76)50(74)48(72)38(5)80-64)57(90-65-53(77)58(55(40(7)82-65)89-63(79)37(4)12-3)87-47(71)36-35-43-29-24-22-25-30-43)42(9)84-68(62)91-56-41(8)83-66-54(78)59(56)86-45(69)33-28-21-18-16-17-20-26-32-44(31-23-14-11-2)85-67-60(92-66)51(75)49(73)39(6)81-67/h22,24-25,29-30,35-42,44,48-62,64-68,72-78H,10-21,23,26-28,31-34H2,1-9H3/b36-35+/t37-,38-,39+,40-,41-,42-,44-,48-,49-,50+,51-,52+,53+,54+,55-,56-,57-,58-,59-,60+,61+,62+,64-,65-,66-,67-,68-/m0/s1. The Hall–Kier alpha value is -3.84. The topological polar surface area (TPSA) is 339 Å². The normalized spacial score (nSPS) is 39.7. The van der Waals surface area contributed by atoms with Crippen molar-refractivity contribution in [2.45, 2.75) is 350 Å². The molecule has 6 heterocycles. The summed E-state index contributed by atoms with van der Waals surface area (Å²) < 4.78 is 89.4. The van der Waals surface area contributed by atoms with Crippen LogP contribution in [-0.2, 0) is 85.5 Å². The number of aliphatic hydroxyl groups excluding tert-OH is 7. The zero-order chi connectivity index (χ0) is 67.5. The third-order valence-corrected chi connectivity index (χ3v) is 18.6. The fourth-order valence-electron chi connectivity index (χ4n) is 12.6. The van der Waals surface area contributed by atoms with E-state index in [0.29, 0.717) is 44.1 Å². The van der Waals surface area contributed by atoms with Crippen molar-refractivity contribution in [3.63, 3.8) is 0 Å². The highest BCUT2D eigenvalue weighted by Gasteiger charge is 2.59. The van der Waals surface area contributed by atoms with Gasteiger partial charge in [-0.25, -0.2) is 4.79 Å². The van der Waals surface area contributed by atoms with Gasteiger partial charge in [0.2, 0.25) is 0 Å². The summed E-state index contributed by atoms with van der Waals surface area (Å²) in [7, 11) is 0. The van der Waals surface area contributed by atoms with Gasteiger partial charge in [-0.05, 0) is 78.4 Å². The number of aliphatic hydroxyl groups is 7. The van der Waals surface area contributed by atoms with E-state index in [-0.39, 0.29) is 18.9 Å². The molecule has 7 rings (SSSR count). The molecule has 0 aromatic heterocycles. The van der Waals surface area contributed by atoms with Crippen molar-refractivity contribution in [2.75, 3.05) is 0 Å². The molecule has 6 fully saturated rings. The van der Waals surface area contributed by atoms with Gasteiger partial charge in [0.05, 0.1) is 42.5 Å². The van der Waals surface area contributed by atoms with Gasteiger partial charge >= 0.3 is 23.9 Å². The van der Waals surface area contributed by atoms with E-state index in [1.165, 1.54) is 26.8 Å². The molecule has 25 nitrogen and oxygen atoms in total. The van der Waals surface area contributed by atoms with Gasteiger partial charge in [-0.3, -0.25) is 14.4 Å². The van der Waals surface area contributed by atoms with E-state index in [9.17, 15) is 54.9 Å². The van der Waals surface area contributed by atoms with Crippen molar-refractivity contribution in [2.24, 2.45) is 5.92 Å². The molecule has 530 valence electrons. The molecule has 0 aliphatic carbocycles. The van der Waals surface area contributed by atoms with E-state index in [2.05, 4.69) is 13.8 Å². The van der Waals surface area contributed by atoms with Crippen molar-refractivity contribution in [1.29, 1.82) is 0 Å². The first kappa shape index (κ1) is 76.5. The molecule has 0 spiro atoms. The number of carbonyl (C=O) groups excluding carboxylic acids is 4. The maximum atomic E-state index is 14.4. The van der Waals surface area contributed by atoms with E-state index in [1.54, 1.807) is 52.0 Å². The van der Waals surface area contributed by atoms with Crippen LogP contribution in [0.4, 0.5) is 0 Å². The summed E-state index contributed by atoms with van der Waals surface area (Å²) in [5.74, 6) is -3.64. The van der Waals surface area contributed by atoms with E-state index < -0.39 is 183 Å². The number of fused-ring (bicyclic) bond motifs is 3. The molecule has 1 aromatic carbocycles. The second kappa shape index (κ2) is 37.8. The summed E-state index contributed by atoms with van der Waals surface area (Å²) in [4.78, 5) is 55.7. The maximum Gasteiger partial charge on any atom is 0.331 e. The predicted molar refractivity (Wildman–Crippen MR) is 332 cm³/mol. The molecule has 7 N–H and O–H groups in total. The minimum atomic E-state index is -1.95. The number of ether oxygens (including phenoxy) is 14. The lowest BCUT2D eigenvalue weighted by Crippen LogP contribution is -2.68. The maximum absolute atomic E-state index is 14.4. The number of carbonyl (C=O) groups is 4. The third kappa shape index (κ3) is 21.3. The van der Waals surface area contributed by atoms with Crippen LogP contribution in [0.15, 0.2) is 36.4 Å². The molecule has 27 atom stereocenters. The molecule has 0 unspecified atom stereocenters. The van der Waals surface area contributed by atoms with Crippen LogP contribution in [-0.4, -0.2) is 219 Å². The second-order valence-corrected chi connectivity index (χ2v) is 26.1. The van der Waals surface area contributed by atoms with Gasteiger partial charge in [0.1, 0.15) is 67.1 Å². The van der Waals surface area contributed by atoms with Crippen LogP contribution in [0, 0.1) is 5.92 Å². The highest BCUT2D eigenvalue weighted by Crippen LogP contribution is 2.40. The Kier molecular flexibility index (Phi) is 31.1. The molecule has 2 bridgehead atoms. The van der Waals surface area contributed by atoms with Gasteiger partial charge in [0.15, 0.2) is 55.9 Å². The lowest BCUT2D eigenvalue weighted by Gasteiger charge is -2.51. The quantitative estimate of drug-likeness (QED) is 0.0284. The highest BCUT2D eigenvalue weighted by atomic mass is 16.8. The molecular formula is C68H108O25. The number of hydrogen-bond acceptors (Lipinski definition) is 25. The number of hydrogen-bond donors (Lipinski definition) is 7. The number of benzene rings is 1. The SMILES string of the molecule is CCCCCCCC(=O)O[C@H]1[C@H](O[C@@H]2[C@H]3OC(=O)CCCCCCCCC[C@H](CCCCC)O[C@@H]4O[C@H](C)[C@H](O)[C@H](O)[C@H]4O[C@H](O[C@H]2C)[C@@H]3O)O[C@@H](C)[C@H](O[C@@H]2O[C@@H](C)[C@H](OC(=O)[C@@H](C)CC)[C@@H](OC(=O)/C=C/c3ccccc3)[C@H]2O)[C@H]1O[C@@H]1O[C@@H](C)[C@H](O)[C@@H](O)[C@H]1O. The fraction of sp³-hybridized carbons (Fsp3) is 0.824. The summed E-state index contributed by atoms with van der Waals surface area (Å²) in [5, 5.41) is 81.6. The minimum absolute atomic E-state index is 0.0441. The molecule has 6 aliphatic rings. The van der Waals surface area contributed by atoms with Gasteiger partial charge < -0.3 is 102 Å². The van der Waals surface area contributed by atoms with Gasteiger partial charge in [0.25, 0.3) is 0 Å². The van der Waals surface area contributed by atoms with Crippen molar-refractivity contribution in [3.05, 3.63) is 42.0 Å². The summed E-state index contributed by atoms with van der Waals surface area (Å²) >= 11 is 0. The van der Waals surface area contributed by atoms with E-state index in [0.717, 1.165) is 83.1 Å². The average molecular weight is 1330 g/mol. The van der Waals surface area contributed by atoms with Crippen LogP contribution >= 0.6 is 0 Å². The smallest absolute Gasteiger partial charge is 0.331 e. The Bertz CT molecular complexity index is 2420. The molecule has 6 saturated heterocycles. The molecule has 0 amide bonds. The molecule has 0 saturated carbocycles. The highest BCUT2D eigenvalue weighted by molar-refractivity contribution is 5.87. The van der Waals surface area contributed by atoms with Crippen molar-refractivity contribution in [3.8, 4) is 0 Å². The predicted octanol–water partition coefficient (Wildman–Crippen LogP) is 6.03. The molecule has 93 heavy (non-hydrogen) atoms. The number of esters is 4. The van der Waals surface area contributed by atoms with Crippen LogP contribution in [0.5, 0.6) is 0 Å². The van der Waals surface area contributed by atoms with E-state index >= 15 is 0 Å². The summed E-state index contributed by atoms with van der Waals surface area (Å²) in [6.07, 6.45) is -22.5. The van der Waals surface area contributed by atoms with Crippen molar-refractivity contribution >= 4 is 30.0 Å². The molecule has 25 heteroatoms. The van der Waals surface area contributed by atoms with Crippen LogP contribution < -0.4 is 0 Å². The molecule has 6 aliphatic heterocycles. The largest absolute Gasteiger partial charge is 0.456 e. The Morgan fingerprint density at radius 2 is 1.10 bits per heavy atom. The molecule has 0 radical (unpaired) electrons. The zero-order valence-corrected chi connectivity index (χ0v) is 55.8. The summed E-state index contributed by atoms with van der Waals surface area (Å²) in [5.41, 5.74) is 0.664. The van der Waals surface area contributed by atoms with Crippen molar-refractivity contribution < 1.29 is 121 Å². The van der Waals surface area contributed by atoms with Crippen LogP contribution in [0.1, 0.15) is 196 Å². The third-order valence-electron chi connectivity index (χ3n) is 18.6. The Balaban J connectivity index is 1.26. The lowest BCUT2D eigenvalue weighted by molar-refractivity contribution is -0.399. The number of rotatable bonds is 23. The van der Waals surface area contributed by atoms with Gasteiger partial charge in [-0.1, -0.05) is 141 Å². The molecule has 1 aromatic rings. The van der Waals surface area contributed by atoms with Crippen molar-refractivity contribution in [1.82, 2.24) is 0 Å². The lowest BCUT2D eigenvalue weighted by atomic mass is 9.95. The Morgan fingerprint density at radius 1 is 0.516 bits per heavy atom. The van der Waals surface area contributed by atoms with Crippen LogP contribution in [0.2, 0.25) is 0 Å². The van der Waals surface area contributed by atoms with Gasteiger partial charge in [0, 0.05) is 18.9 Å². The first-order chi connectivity index (χ1) is 44.5. The summed E-state index contributed by atoms with van der Waals surface area (Å²) in [6.45, 7) is 15.2. The van der Waals surface area contributed by atoms with Crippen LogP contribution in [0.3, 0.4) is 0 Å². The Morgan fingerprint density at radius 3 is 1.81 bits per heavy atom. The monoisotopic (exact) mass is 1320 g/mol.